The molecule has 1 amide bonds. The number of aromatic nitrogens is 1. The van der Waals surface area contributed by atoms with Crippen molar-refractivity contribution in [2.75, 3.05) is 13.1 Å². The molecule has 1 aliphatic heterocycles. The number of ether oxygens (including phenoxy) is 1. The van der Waals surface area contributed by atoms with Gasteiger partial charge in [0.05, 0.1) is 18.2 Å². The number of pyridine rings is 1. The Morgan fingerprint density at radius 1 is 1.52 bits per heavy atom. The number of hydrogen-bond donors (Lipinski definition) is 0. The van der Waals surface area contributed by atoms with Crippen molar-refractivity contribution in [1.29, 1.82) is 5.26 Å². The number of likely N-dealkylation sites (tertiary alicyclic amines) is 1. The quantitative estimate of drug-likeness (QED) is 0.811. The fourth-order valence-corrected chi connectivity index (χ4v) is 3.00. The first-order valence-corrected chi connectivity index (χ1v) is 8.16. The highest BCUT2D eigenvalue weighted by atomic mass is 32.1. The van der Waals surface area contributed by atoms with Gasteiger partial charge in [0.2, 0.25) is 11.8 Å². The molecule has 0 aromatic carbocycles. The minimum atomic E-state index is -0.0875. The van der Waals surface area contributed by atoms with Crippen LogP contribution in [-0.2, 0) is 4.79 Å². The second-order valence-corrected chi connectivity index (χ2v) is 6.14. The molecule has 0 saturated carbocycles. The molecular formula is C17H15N3O2S. The van der Waals surface area contributed by atoms with Gasteiger partial charge in [0.25, 0.3) is 0 Å². The Morgan fingerprint density at radius 3 is 3.22 bits per heavy atom. The van der Waals surface area contributed by atoms with E-state index in [1.165, 1.54) is 0 Å². The molecule has 1 atom stereocenters. The van der Waals surface area contributed by atoms with E-state index in [4.69, 9.17) is 10.00 Å². The van der Waals surface area contributed by atoms with Crippen LogP contribution in [0.3, 0.4) is 0 Å². The molecule has 23 heavy (non-hydrogen) atoms. The van der Waals surface area contributed by atoms with Gasteiger partial charge in [0, 0.05) is 36.2 Å². The highest BCUT2D eigenvalue weighted by Gasteiger charge is 2.26. The van der Waals surface area contributed by atoms with Crippen LogP contribution in [0.25, 0.3) is 6.08 Å². The topological polar surface area (TPSA) is 66.2 Å². The molecule has 0 radical (unpaired) electrons. The monoisotopic (exact) mass is 325 g/mol. The van der Waals surface area contributed by atoms with E-state index in [0.29, 0.717) is 24.5 Å². The maximum Gasteiger partial charge on any atom is 0.246 e. The van der Waals surface area contributed by atoms with Crippen LogP contribution in [0.1, 0.15) is 16.9 Å². The summed E-state index contributed by atoms with van der Waals surface area (Å²) in [4.78, 5) is 19.1. The van der Waals surface area contributed by atoms with E-state index in [9.17, 15) is 4.79 Å². The van der Waals surface area contributed by atoms with Crippen LogP contribution < -0.4 is 4.74 Å². The maximum absolute atomic E-state index is 12.2. The molecule has 5 nitrogen and oxygen atoms in total. The number of rotatable bonds is 4. The average molecular weight is 325 g/mol. The zero-order chi connectivity index (χ0) is 16.1. The van der Waals surface area contributed by atoms with Crippen LogP contribution in [0.5, 0.6) is 5.88 Å². The van der Waals surface area contributed by atoms with Gasteiger partial charge in [-0.05, 0) is 23.6 Å². The van der Waals surface area contributed by atoms with Gasteiger partial charge in [-0.3, -0.25) is 4.79 Å². The molecule has 3 rings (SSSR count). The lowest BCUT2D eigenvalue weighted by Crippen LogP contribution is -2.29. The third-order valence-corrected chi connectivity index (χ3v) is 4.38. The first kappa shape index (κ1) is 15.3. The van der Waals surface area contributed by atoms with Crippen LogP contribution in [0.4, 0.5) is 0 Å². The zero-order valence-corrected chi connectivity index (χ0v) is 13.2. The Balaban J connectivity index is 1.55. The standard InChI is InChI=1S/C17H15N3O2S/c18-11-13-5-7-19-16(10-13)22-14-6-8-20(12-14)17(21)4-3-15-2-1-9-23-15/h1-5,7,9-10,14H,6,8,12H2/b4-3+. The molecule has 116 valence electrons. The largest absolute Gasteiger partial charge is 0.472 e. The Morgan fingerprint density at radius 2 is 2.43 bits per heavy atom. The van der Waals surface area contributed by atoms with Crippen molar-refractivity contribution in [3.8, 4) is 11.9 Å². The van der Waals surface area contributed by atoms with Crippen LogP contribution in [-0.4, -0.2) is 35.0 Å². The van der Waals surface area contributed by atoms with Crippen LogP contribution in [0.15, 0.2) is 41.9 Å². The van der Waals surface area contributed by atoms with Crippen molar-refractivity contribution in [3.63, 3.8) is 0 Å². The normalized spacial score (nSPS) is 17.3. The number of carbonyl (C=O) groups excluding carboxylic acids is 1. The lowest BCUT2D eigenvalue weighted by molar-refractivity contribution is -0.125. The molecule has 0 N–H and O–H groups in total. The van der Waals surface area contributed by atoms with Gasteiger partial charge in [-0.15, -0.1) is 11.3 Å². The van der Waals surface area contributed by atoms with E-state index >= 15 is 0 Å². The van der Waals surface area contributed by atoms with Crippen molar-refractivity contribution < 1.29 is 9.53 Å². The highest BCUT2D eigenvalue weighted by molar-refractivity contribution is 7.10. The smallest absolute Gasteiger partial charge is 0.246 e. The summed E-state index contributed by atoms with van der Waals surface area (Å²) in [6.07, 6.45) is 5.66. The van der Waals surface area contributed by atoms with Crippen molar-refractivity contribution in [3.05, 3.63) is 52.4 Å². The number of carbonyl (C=O) groups is 1. The summed E-state index contributed by atoms with van der Waals surface area (Å²) in [5, 5.41) is 10.9. The molecule has 2 aromatic rings. The minimum absolute atomic E-state index is 0.0109. The molecule has 1 aliphatic rings. The van der Waals surface area contributed by atoms with Crippen LogP contribution >= 0.6 is 11.3 Å². The van der Waals surface area contributed by atoms with Crippen molar-refractivity contribution in [1.82, 2.24) is 9.88 Å². The fourth-order valence-electron chi connectivity index (χ4n) is 2.38. The molecule has 3 heterocycles. The molecule has 1 fully saturated rings. The highest BCUT2D eigenvalue weighted by Crippen LogP contribution is 2.18. The number of thiophene rings is 1. The third-order valence-electron chi connectivity index (χ3n) is 3.54. The summed E-state index contributed by atoms with van der Waals surface area (Å²) in [6.45, 7) is 1.20. The van der Waals surface area contributed by atoms with Crippen molar-refractivity contribution in [2.45, 2.75) is 12.5 Å². The van der Waals surface area contributed by atoms with Gasteiger partial charge < -0.3 is 9.64 Å². The van der Waals surface area contributed by atoms with Crippen molar-refractivity contribution in [2.24, 2.45) is 0 Å². The predicted octanol–water partition coefficient (Wildman–Crippen LogP) is 2.71. The SMILES string of the molecule is N#Cc1ccnc(OC2CCN(C(=O)/C=C/c3cccs3)C2)c1. The first-order valence-electron chi connectivity index (χ1n) is 7.28. The summed E-state index contributed by atoms with van der Waals surface area (Å²) in [6, 6.07) is 9.23. The van der Waals surface area contributed by atoms with E-state index in [2.05, 4.69) is 11.1 Å². The van der Waals surface area contributed by atoms with Gasteiger partial charge in [-0.2, -0.15) is 5.26 Å². The maximum atomic E-state index is 12.2. The van der Waals surface area contributed by atoms with Crippen LogP contribution in [0.2, 0.25) is 0 Å². The summed E-state index contributed by atoms with van der Waals surface area (Å²) >= 11 is 1.60. The lowest BCUT2D eigenvalue weighted by Gasteiger charge is -2.15. The average Bonchev–Trinajstić information content (AvgIpc) is 3.24. The molecule has 1 unspecified atom stereocenters. The Bertz CT molecular complexity index is 749. The van der Waals surface area contributed by atoms with E-state index in [0.717, 1.165) is 11.3 Å². The molecule has 6 heteroatoms. The fraction of sp³-hybridized carbons (Fsp3) is 0.235. The second kappa shape index (κ2) is 7.07. The summed E-state index contributed by atoms with van der Waals surface area (Å²) in [5.74, 6) is 0.417. The second-order valence-electron chi connectivity index (χ2n) is 5.16. The van der Waals surface area contributed by atoms with Gasteiger partial charge in [0.15, 0.2) is 0 Å². The summed E-state index contributed by atoms with van der Waals surface area (Å²) < 4.78 is 5.77. The van der Waals surface area contributed by atoms with Gasteiger partial charge in [0.1, 0.15) is 6.10 Å². The van der Waals surface area contributed by atoms with Gasteiger partial charge in [-0.25, -0.2) is 4.98 Å². The van der Waals surface area contributed by atoms with E-state index < -0.39 is 0 Å². The van der Waals surface area contributed by atoms with E-state index in [1.54, 1.807) is 40.6 Å². The first-order chi connectivity index (χ1) is 11.2. The molecule has 0 spiro atoms. The minimum Gasteiger partial charge on any atom is -0.472 e. The summed E-state index contributed by atoms with van der Waals surface area (Å²) in [7, 11) is 0. The Kier molecular flexibility index (Phi) is 4.69. The zero-order valence-electron chi connectivity index (χ0n) is 12.4. The number of hydrogen-bond acceptors (Lipinski definition) is 5. The lowest BCUT2D eigenvalue weighted by atomic mass is 10.3. The Labute approximate surface area is 138 Å². The number of nitrogens with zero attached hydrogens (tertiary/aromatic N) is 3. The predicted molar refractivity (Wildman–Crippen MR) is 87.9 cm³/mol. The number of amides is 1. The van der Waals surface area contributed by atoms with Crippen molar-refractivity contribution >= 4 is 23.3 Å². The van der Waals surface area contributed by atoms with Gasteiger partial charge >= 0.3 is 0 Å². The Hall–Kier alpha value is -2.65. The van der Waals surface area contributed by atoms with E-state index in [-0.39, 0.29) is 12.0 Å². The molecule has 1 saturated heterocycles. The summed E-state index contributed by atoms with van der Waals surface area (Å²) in [5.41, 5.74) is 0.514. The molecule has 2 aromatic heterocycles. The molecule has 0 aliphatic carbocycles. The third kappa shape index (κ3) is 3.96. The molecular weight excluding hydrogens is 310 g/mol. The number of nitriles is 1. The van der Waals surface area contributed by atoms with E-state index in [1.807, 2.05) is 23.6 Å². The molecule has 0 bridgehead atoms. The van der Waals surface area contributed by atoms with Crippen LogP contribution in [0, 0.1) is 11.3 Å². The van der Waals surface area contributed by atoms with Gasteiger partial charge in [-0.1, -0.05) is 6.07 Å².